The Kier molecular flexibility index (Phi) is 8.01. The van der Waals surface area contributed by atoms with Crippen molar-refractivity contribution >= 4 is 0 Å². The number of hydrazine groups is 1. The van der Waals surface area contributed by atoms with Gasteiger partial charge in [-0.1, -0.05) is 46.5 Å². The Balaban J connectivity index is 1.88. The van der Waals surface area contributed by atoms with E-state index in [1.54, 1.807) is 0 Å². The second kappa shape index (κ2) is 8.97. The minimum atomic E-state index is 0.867. The van der Waals surface area contributed by atoms with Crippen LogP contribution in [-0.4, -0.2) is 25.6 Å². The third kappa shape index (κ3) is 8.65. The van der Waals surface area contributed by atoms with Gasteiger partial charge in [0.15, 0.2) is 0 Å². The molecule has 0 saturated heterocycles. The van der Waals surface area contributed by atoms with Crippen LogP contribution in [0.2, 0.25) is 0 Å². The largest absolute Gasteiger partial charge is 0.256 e. The standard InChI is InChI=1S/C17H36N2/c1-14(10-11-18-19(4)5)8-6-7-9-15(2)12-17-13-16(17)3/h14-18H,6-13H2,1-5H3. The van der Waals surface area contributed by atoms with Gasteiger partial charge in [0.2, 0.25) is 0 Å². The highest BCUT2D eigenvalue weighted by Crippen LogP contribution is 2.43. The maximum Gasteiger partial charge on any atom is 0.0104 e. The first kappa shape index (κ1) is 17.0. The molecule has 4 unspecified atom stereocenters. The molecule has 1 saturated carbocycles. The van der Waals surface area contributed by atoms with E-state index in [0.29, 0.717) is 0 Å². The topological polar surface area (TPSA) is 15.3 Å². The molecule has 1 fully saturated rings. The Labute approximate surface area is 121 Å². The summed E-state index contributed by atoms with van der Waals surface area (Å²) in [5, 5.41) is 2.05. The van der Waals surface area contributed by atoms with Crippen molar-refractivity contribution in [3.8, 4) is 0 Å². The van der Waals surface area contributed by atoms with E-state index in [-0.39, 0.29) is 0 Å². The SMILES string of the molecule is CC(CCCCC(C)CC1CC1C)CCNN(C)C. The number of unbranched alkanes of at least 4 members (excludes halogenated alkanes) is 1. The second-order valence-electron chi connectivity index (χ2n) is 7.29. The van der Waals surface area contributed by atoms with Crippen molar-refractivity contribution < 1.29 is 0 Å². The highest BCUT2D eigenvalue weighted by atomic mass is 15.5. The predicted molar refractivity (Wildman–Crippen MR) is 85.0 cm³/mol. The molecule has 1 aliphatic rings. The molecule has 0 bridgehead atoms. The number of hydrogen-bond acceptors (Lipinski definition) is 2. The molecule has 0 spiro atoms. The van der Waals surface area contributed by atoms with Gasteiger partial charge in [0.25, 0.3) is 0 Å². The van der Waals surface area contributed by atoms with Crippen LogP contribution in [0.1, 0.15) is 65.7 Å². The van der Waals surface area contributed by atoms with Gasteiger partial charge < -0.3 is 0 Å². The van der Waals surface area contributed by atoms with Gasteiger partial charge in [-0.15, -0.1) is 0 Å². The molecule has 2 nitrogen and oxygen atoms in total. The van der Waals surface area contributed by atoms with Crippen LogP contribution in [0.5, 0.6) is 0 Å². The molecule has 19 heavy (non-hydrogen) atoms. The lowest BCUT2D eigenvalue weighted by Crippen LogP contribution is -2.31. The molecule has 0 amide bonds. The Morgan fingerprint density at radius 1 is 1.05 bits per heavy atom. The highest BCUT2D eigenvalue weighted by Gasteiger charge is 2.32. The zero-order valence-corrected chi connectivity index (χ0v) is 13.9. The van der Waals surface area contributed by atoms with Crippen molar-refractivity contribution in [1.82, 2.24) is 10.4 Å². The van der Waals surface area contributed by atoms with E-state index in [1.165, 1.54) is 44.9 Å². The minimum Gasteiger partial charge on any atom is -0.256 e. The Hall–Kier alpha value is -0.0800. The molecule has 2 heteroatoms. The fourth-order valence-corrected chi connectivity index (χ4v) is 3.03. The Morgan fingerprint density at radius 2 is 1.63 bits per heavy atom. The molecule has 114 valence electrons. The van der Waals surface area contributed by atoms with Gasteiger partial charge in [0.1, 0.15) is 0 Å². The van der Waals surface area contributed by atoms with Crippen LogP contribution in [0.3, 0.4) is 0 Å². The van der Waals surface area contributed by atoms with E-state index in [0.717, 1.165) is 30.2 Å². The molecule has 1 aliphatic carbocycles. The first-order valence-corrected chi connectivity index (χ1v) is 8.39. The third-order valence-corrected chi connectivity index (χ3v) is 4.69. The number of hydrogen-bond donors (Lipinski definition) is 1. The maximum atomic E-state index is 3.35. The zero-order valence-electron chi connectivity index (χ0n) is 13.9. The fraction of sp³-hybridized carbons (Fsp3) is 1.00. The monoisotopic (exact) mass is 268 g/mol. The van der Waals surface area contributed by atoms with Gasteiger partial charge in [-0.25, -0.2) is 0 Å². The molecule has 4 atom stereocenters. The van der Waals surface area contributed by atoms with Gasteiger partial charge in [0, 0.05) is 20.6 Å². The second-order valence-corrected chi connectivity index (χ2v) is 7.29. The van der Waals surface area contributed by atoms with Crippen LogP contribution in [0, 0.1) is 23.7 Å². The molecule has 0 radical (unpaired) electrons. The van der Waals surface area contributed by atoms with Gasteiger partial charge >= 0.3 is 0 Å². The minimum absolute atomic E-state index is 0.867. The van der Waals surface area contributed by atoms with Crippen LogP contribution in [0.25, 0.3) is 0 Å². The van der Waals surface area contributed by atoms with E-state index in [9.17, 15) is 0 Å². The Bertz CT molecular complexity index is 227. The molecule has 1 rings (SSSR count). The van der Waals surface area contributed by atoms with E-state index >= 15 is 0 Å². The van der Waals surface area contributed by atoms with Crippen molar-refractivity contribution in [3.05, 3.63) is 0 Å². The molecule has 0 aromatic rings. The molecule has 0 heterocycles. The van der Waals surface area contributed by atoms with Crippen LogP contribution in [-0.2, 0) is 0 Å². The summed E-state index contributed by atoms with van der Waals surface area (Å²) >= 11 is 0. The smallest absolute Gasteiger partial charge is 0.0104 e. The van der Waals surface area contributed by atoms with Crippen molar-refractivity contribution in [1.29, 1.82) is 0 Å². The third-order valence-electron chi connectivity index (χ3n) is 4.69. The van der Waals surface area contributed by atoms with Gasteiger partial charge in [-0.2, -0.15) is 0 Å². The molecular formula is C17H36N2. The van der Waals surface area contributed by atoms with Crippen LogP contribution < -0.4 is 5.43 Å². The van der Waals surface area contributed by atoms with Gasteiger partial charge in [-0.3, -0.25) is 10.4 Å². The van der Waals surface area contributed by atoms with E-state index in [1.807, 2.05) is 5.01 Å². The average Bonchev–Trinajstić information content (AvgIpc) is 3.00. The molecule has 0 aromatic heterocycles. The van der Waals surface area contributed by atoms with E-state index < -0.39 is 0 Å². The first-order chi connectivity index (χ1) is 8.99. The van der Waals surface area contributed by atoms with Crippen molar-refractivity contribution in [2.45, 2.75) is 65.7 Å². The number of nitrogens with zero attached hydrogens (tertiary/aromatic N) is 1. The highest BCUT2D eigenvalue weighted by molar-refractivity contribution is 4.83. The molecule has 0 aromatic carbocycles. The average molecular weight is 268 g/mol. The van der Waals surface area contributed by atoms with Crippen molar-refractivity contribution in [2.24, 2.45) is 23.7 Å². The van der Waals surface area contributed by atoms with Gasteiger partial charge in [-0.05, 0) is 42.9 Å². The molecular weight excluding hydrogens is 232 g/mol. The van der Waals surface area contributed by atoms with E-state index in [2.05, 4.69) is 40.3 Å². The summed E-state index contributed by atoms with van der Waals surface area (Å²) in [7, 11) is 4.12. The summed E-state index contributed by atoms with van der Waals surface area (Å²) in [6, 6.07) is 0. The lowest BCUT2D eigenvalue weighted by molar-refractivity contribution is 0.274. The van der Waals surface area contributed by atoms with E-state index in [4.69, 9.17) is 0 Å². The first-order valence-electron chi connectivity index (χ1n) is 8.39. The summed E-state index contributed by atoms with van der Waals surface area (Å²) in [6.07, 6.45) is 10.0. The summed E-state index contributed by atoms with van der Waals surface area (Å²) < 4.78 is 0. The molecule has 1 N–H and O–H groups in total. The summed E-state index contributed by atoms with van der Waals surface area (Å²) in [6.45, 7) is 8.37. The quantitative estimate of drug-likeness (QED) is 0.443. The van der Waals surface area contributed by atoms with Crippen LogP contribution in [0.4, 0.5) is 0 Å². The van der Waals surface area contributed by atoms with Crippen LogP contribution in [0.15, 0.2) is 0 Å². The maximum absolute atomic E-state index is 3.35. The van der Waals surface area contributed by atoms with Crippen molar-refractivity contribution in [3.63, 3.8) is 0 Å². The summed E-state index contributed by atoms with van der Waals surface area (Å²) in [5.41, 5.74) is 3.35. The fourth-order valence-electron chi connectivity index (χ4n) is 3.03. The summed E-state index contributed by atoms with van der Waals surface area (Å²) in [4.78, 5) is 0. The molecule has 0 aliphatic heterocycles. The number of rotatable bonds is 11. The van der Waals surface area contributed by atoms with Crippen molar-refractivity contribution in [2.75, 3.05) is 20.6 Å². The summed E-state index contributed by atoms with van der Waals surface area (Å²) in [5.74, 6) is 3.93. The number of nitrogens with one attached hydrogen (secondary N) is 1. The zero-order chi connectivity index (χ0) is 14.3. The lowest BCUT2D eigenvalue weighted by atomic mass is 9.94. The lowest BCUT2D eigenvalue weighted by Gasteiger charge is -2.16. The predicted octanol–water partition coefficient (Wildman–Crippen LogP) is 4.32. The van der Waals surface area contributed by atoms with Crippen LogP contribution >= 0.6 is 0 Å². The van der Waals surface area contributed by atoms with Gasteiger partial charge in [0.05, 0.1) is 0 Å². The Morgan fingerprint density at radius 3 is 2.16 bits per heavy atom. The normalized spacial score (nSPS) is 25.6.